The molecular weight excluding hydrogens is 348 g/mol. The summed E-state index contributed by atoms with van der Waals surface area (Å²) in [6.07, 6.45) is 5.04. The molecule has 0 amide bonds. The van der Waals surface area contributed by atoms with Crippen molar-refractivity contribution in [3.63, 3.8) is 0 Å². The number of nitriles is 1. The third-order valence-corrected chi connectivity index (χ3v) is 4.22. The molecule has 0 aromatic carbocycles. The van der Waals surface area contributed by atoms with Crippen LogP contribution in [0.15, 0.2) is 42.7 Å². The summed E-state index contributed by atoms with van der Waals surface area (Å²) < 4.78 is 1.81. The minimum Gasteiger partial charge on any atom is -0.390 e. The molecule has 0 fully saturated rings. The van der Waals surface area contributed by atoms with Crippen LogP contribution in [0.4, 0.5) is 0 Å². The van der Waals surface area contributed by atoms with Crippen LogP contribution in [0.1, 0.15) is 37.7 Å². The van der Waals surface area contributed by atoms with Gasteiger partial charge in [0, 0.05) is 41.9 Å². The Morgan fingerprint density at radius 3 is 2.75 bits per heavy atom. The van der Waals surface area contributed by atoms with Gasteiger partial charge in [-0.05, 0) is 42.7 Å². The molecule has 142 valence electrons. The molecule has 0 atom stereocenters. The van der Waals surface area contributed by atoms with Gasteiger partial charge in [-0.3, -0.25) is 0 Å². The number of rotatable bonds is 5. The van der Waals surface area contributed by atoms with Crippen LogP contribution in [-0.4, -0.2) is 27.4 Å². The number of fused-ring (bicyclic) bond motifs is 1. The smallest absolute Gasteiger partial charge is 0.141 e. The lowest BCUT2D eigenvalue weighted by atomic mass is 9.97. The lowest BCUT2D eigenvalue weighted by Gasteiger charge is -2.18. The molecule has 3 aromatic heterocycles. The van der Waals surface area contributed by atoms with E-state index in [1.165, 1.54) is 6.21 Å². The normalized spacial score (nSPS) is 12.0. The number of allylic oxidation sites excluding steroid dienone is 1. The molecule has 28 heavy (non-hydrogen) atoms. The first-order valence-electron chi connectivity index (χ1n) is 9.13. The number of aryl methyl sites for hydroxylation is 1. The lowest BCUT2D eigenvalue weighted by Crippen LogP contribution is -2.23. The molecule has 0 bridgehead atoms. The van der Waals surface area contributed by atoms with Crippen LogP contribution >= 0.6 is 0 Å². The van der Waals surface area contributed by atoms with Crippen LogP contribution in [0.5, 0.6) is 0 Å². The van der Waals surface area contributed by atoms with Crippen LogP contribution in [-0.2, 0) is 0 Å². The molecular formula is C22H24N6. The summed E-state index contributed by atoms with van der Waals surface area (Å²) >= 11 is 0. The zero-order valence-electron chi connectivity index (χ0n) is 16.6. The lowest BCUT2D eigenvalue weighted by molar-refractivity contribution is 0.403. The minimum atomic E-state index is 0.123. The van der Waals surface area contributed by atoms with Crippen LogP contribution < -0.4 is 5.32 Å². The average Bonchev–Trinajstić information content (AvgIpc) is 3.03. The minimum absolute atomic E-state index is 0.123. The molecule has 3 heterocycles. The van der Waals surface area contributed by atoms with Gasteiger partial charge in [-0.2, -0.15) is 10.4 Å². The van der Waals surface area contributed by atoms with Crippen molar-refractivity contribution in [2.45, 2.75) is 27.7 Å². The van der Waals surface area contributed by atoms with Crippen molar-refractivity contribution in [1.29, 1.82) is 10.7 Å². The molecule has 3 aromatic rings. The van der Waals surface area contributed by atoms with Gasteiger partial charge in [0.25, 0.3) is 0 Å². The van der Waals surface area contributed by atoms with Gasteiger partial charge < -0.3 is 10.7 Å². The second kappa shape index (κ2) is 7.65. The Hall–Kier alpha value is -3.46. The maximum absolute atomic E-state index is 9.30. The molecule has 2 N–H and O–H groups in total. The predicted molar refractivity (Wildman–Crippen MR) is 112 cm³/mol. The highest BCUT2D eigenvalue weighted by Crippen LogP contribution is 2.27. The molecule has 3 rings (SSSR count). The Morgan fingerprint density at radius 2 is 2.07 bits per heavy atom. The number of nitrogens with zero attached hydrogens (tertiary/aromatic N) is 4. The van der Waals surface area contributed by atoms with Crippen molar-refractivity contribution in [2.24, 2.45) is 5.41 Å². The van der Waals surface area contributed by atoms with E-state index >= 15 is 0 Å². The van der Waals surface area contributed by atoms with Gasteiger partial charge in [0.15, 0.2) is 0 Å². The van der Waals surface area contributed by atoms with Gasteiger partial charge in [0.1, 0.15) is 11.8 Å². The van der Waals surface area contributed by atoms with E-state index in [9.17, 15) is 5.26 Å². The van der Waals surface area contributed by atoms with Crippen LogP contribution in [0.25, 0.3) is 22.3 Å². The van der Waals surface area contributed by atoms with E-state index in [-0.39, 0.29) is 5.41 Å². The van der Waals surface area contributed by atoms with Gasteiger partial charge in [-0.25, -0.2) is 9.50 Å². The molecule has 0 spiro atoms. The van der Waals surface area contributed by atoms with E-state index in [0.717, 1.165) is 28.9 Å². The molecule has 0 aliphatic rings. The zero-order chi connectivity index (χ0) is 20.3. The molecule has 0 saturated carbocycles. The van der Waals surface area contributed by atoms with Gasteiger partial charge in [-0.1, -0.05) is 20.8 Å². The van der Waals surface area contributed by atoms with E-state index in [4.69, 9.17) is 5.41 Å². The largest absolute Gasteiger partial charge is 0.390 e. The summed E-state index contributed by atoms with van der Waals surface area (Å²) in [7, 11) is 0. The monoisotopic (exact) mass is 372 g/mol. The number of nitrogens with one attached hydrogen (secondary N) is 2. The topological polar surface area (TPSA) is 89.9 Å². The molecule has 0 aliphatic heterocycles. The third kappa shape index (κ3) is 4.26. The van der Waals surface area contributed by atoms with Gasteiger partial charge in [-0.15, -0.1) is 0 Å². The Bertz CT molecular complexity index is 1090. The SMILES string of the molecule is Cc1cc2ccc(-c3nc(C#N)ccc3/C(C=N)=C/NCC(C)(C)C)cn2n1. The third-order valence-electron chi connectivity index (χ3n) is 4.22. The Balaban J connectivity index is 2.09. The van der Waals surface area contributed by atoms with Crippen molar-refractivity contribution in [2.75, 3.05) is 6.54 Å². The molecule has 0 unspecified atom stereocenters. The molecule has 0 aliphatic carbocycles. The Labute approximate surface area is 165 Å². The van der Waals surface area contributed by atoms with Gasteiger partial charge >= 0.3 is 0 Å². The molecule has 6 nitrogen and oxygen atoms in total. The maximum Gasteiger partial charge on any atom is 0.141 e. The van der Waals surface area contributed by atoms with Crippen molar-refractivity contribution >= 4 is 17.3 Å². The first-order chi connectivity index (χ1) is 13.3. The second-order valence-electron chi connectivity index (χ2n) is 7.96. The van der Waals surface area contributed by atoms with Crippen molar-refractivity contribution < 1.29 is 0 Å². The average molecular weight is 372 g/mol. The summed E-state index contributed by atoms with van der Waals surface area (Å²) in [5.74, 6) is 0. The number of hydrogen-bond acceptors (Lipinski definition) is 5. The first-order valence-corrected chi connectivity index (χ1v) is 9.13. The zero-order valence-corrected chi connectivity index (χ0v) is 16.6. The Morgan fingerprint density at radius 1 is 1.29 bits per heavy atom. The predicted octanol–water partition coefficient (Wildman–Crippen LogP) is 4.20. The standard InChI is InChI=1S/C22H24N6/c1-15-9-19-7-5-16(13-28(19)27-15)21-20(8-6-18(11-24)26-21)17(10-23)12-25-14-22(2,3)4/h5-10,12-13,23,25H,14H2,1-4H3/b17-12+,23-10?. The summed E-state index contributed by atoms with van der Waals surface area (Å²) in [5, 5.41) is 24.9. The number of hydrogen-bond donors (Lipinski definition) is 2. The first kappa shape index (κ1) is 19.3. The van der Waals surface area contributed by atoms with E-state index < -0.39 is 0 Å². The van der Waals surface area contributed by atoms with E-state index in [1.807, 2.05) is 43.6 Å². The highest BCUT2D eigenvalue weighted by atomic mass is 15.2. The van der Waals surface area contributed by atoms with Gasteiger partial charge in [0.2, 0.25) is 0 Å². The Kier molecular flexibility index (Phi) is 5.27. The summed E-state index contributed by atoms with van der Waals surface area (Å²) in [6, 6.07) is 11.6. The number of aromatic nitrogens is 3. The summed E-state index contributed by atoms with van der Waals surface area (Å²) in [4.78, 5) is 4.53. The summed E-state index contributed by atoms with van der Waals surface area (Å²) in [6.45, 7) is 9.17. The van der Waals surface area contributed by atoms with Crippen LogP contribution in [0.3, 0.4) is 0 Å². The fraction of sp³-hybridized carbons (Fsp3) is 0.273. The highest BCUT2D eigenvalue weighted by Gasteiger charge is 2.14. The van der Waals surface area contributed by atoms with E-state index in [1.54, 1.807) is 10.6 Å². The van der Waals surface area contributed by atoms with E-state index in [2.05, 4.69) is 42.2 Å². The molecule has 6 heteroatoms. The fourth-order valence-electron chi connectivity index (χ4n) is 2.89. The molecule has 0 saturated heterocycles. The number of pyridine rings is 2. The summed E-state index contributed by atoms with van der Waals surface area (Å²) in [5.41, 5.74) is 5.37. The second-order valence-corrected chi connectivity index (χ2v) is 7.96. The highest BCUT2D eigenvalue weighted by molar-refractivity contribution is 6.10. The van der Waals surface area contributed by atoms with Crippen LogP contribution in [0, 0.1) is 29.1 Å². The van der Waals surface area contributed by atoms with Gasteiger partial charge in [0.05, 0.1) is 16.9 Å². The fourth-order valence-corrected chi connectivity index (χ4v) is 2.89. The van der Waals surface area contributed by atoms with Crippen LogP contribution in [0.2, 0.25) is 0 Å². The van der Waals surface area contributed by atoms with Crippen molar-refractivity contribution in [1.82, 2.24) is 19.9 Å². The maximum atomic E-state index is 9.30. The quantitative estimate of drug-likeness (QED) is 0.657. The molecule has 0 radical (unpaired) electrons. The van der Waals surface area contributed by atoms with E-state index in [0.29, 0.717) is 17.0 Å². The van der Waals surface area contributed by atoms with Crippen molar-refractivity contribution in [3.05, 3.63) is 59.7 Å². The van der Waals surface area contributed by atoms with Crippen molar-refractivity contribution in [3.8, 4) is 17.3 Å².